The first-order chi connectivity index (χ1) is 10.1. The van der Waals surface area contributed by atoms with Crippen molar-refractivity contribution in [1.29, 1.82) is 0 Å². The summed E-state index contributed by atoms with van der Waals surface area (Å²) in [7, 11) is 1.97. The number of nitrogens with zero attached hydrogens (tertiary/aromatic N) is 5. The van der Waals surface area contributed by atoms with Crippen molar-refractivity contribution in [3.8, 4) is 0 Å². The smallest absolute Gasteiger partial charge is 0.222 e. The van der Waals surface area contributed by atoms with Gasteiger partial charge in [0, 0.05) is 52.1 Å². The number of aromatic nitrogens is 4. The Hall–Kier alpha value is -2.15. The maximum Gasteiger partial charge on any atom is 0.222 e. The summed E-state index contributed by atoms with van der Waals surface area (Å²) in [4.78, 5) is 13.4. The number of rotatable bonds is 4. The molecule has 2 aromatic rings. The van der Waals surface area contributed by atoms with Crippen LogP contribution in [0.15, 0.2) is 24.5 Å². The monoisotopic (exact) mass is 288 g/mol. The molecule has 21 heavy (non-hydrogen) atoms. The fourth-order valence-corrected chi connectivity index (χ4v) is 2.75. The van der Waals surface area contributed by atoms with Crippen LogP contribution in [0.5, 0.6) is 0 Å². The van der Waals surface area contributed by atoms with Gasteiger partial charge in [0.05, 0.1) is 11.7 Å². The molecule has 3 heterocycles. The van der Waals surface area contributed by atoms with Crippen LogP contribution < -0.4 is 5.32 Å². The minimum atomic E-state index is -0.0930. The molecule has 0 unspecified atom stereocenters. The van der Waals surface area contributed by atoms with Crippen LogP contribution in [0.25, 0.3) is 0 Å². The quantitative estimate of drug-likeness (QED) is 0.912. The zero-order valence-corrected chi connectivity index (χ0v) is 12.4. The molecule has 0 spiro atoms. The average Bonchev–Trinajstić information content (AvgIpc) is 3.12. The van der Waals surface area contributed by atoms with Gasteiger partial charge in [0.15, 0.2) is 5.82 Å². The molecule has 0 radical (unpaired) electrons. The van der Waals surface area contributed by atoms with Crippen LogP contribution in [0, 0.1) is 0 Å². The van der Waals surface area contributed by atoms with Crippen LogP contribution in [0.1, 0.15) is 25.1 Å². The van der Waals surface area contributed by atoms with Crippen LogP contribution in [0.3, 0.4) is 0 Å². The van der Waals surface area contributed by atoms with E-state index in [0.29, 0.717) is 11.9 Å². The van der Waals surface area contributed by atoms with Crippen molar-refractivity contribution in [2.45, 2.75) is 25.9 Å². The second kappa shape index (κ2) is 5.69. The van der Waals surface area contributed by atoms with Crippen molar-refractivity contribution in [2.24, 2.45) is 7.05 Å². The Morgan fingerprint density at radius 1 is 1.48 bits per heavy atom. The molecule has 3 rings (SSSR count). The number of hydrogen-bond donors (Lipinski definition) is 1. The highest BCUT2D eigenvalue weighted by Crippen LogP contribution is 2.23. The van der Waals surface area contributed by atoms with Gasteiger partial charge < -0.3 is 5.32 Å². The standard InChI is InChI=1S/C14H20N6O/c1-11(21)16-14-5-8-20(17-14)13-4-7-19(10-13)9-12-3-6-15-18(12)2/h3,5-6,8,13H,4,7,9-10H2,1-2H3,(H,16,17,21)/t13-/m0/s1. The van der Waals surface area contributed by atoms with Gasteiger partial charge in [-0.1, -0.05) is 0 Å². The van der Waals surface area contributed by atoms with Gasteiger partial charge in [-0.2, -0.15) is 10.2 Å². The summed E-state index contributed by atoms with van der Waals surface area (Å²) in [5.74, 6) is 0.525. The predicted molar refractivity (Wildman–Crippen MR) is 78.7 cm³/mol. The number of hydrogen-bond acceptors (Lipinski definition) is 4. The third-order valence-corrected chi connectivity index (χ3v) is 3.84. The summed E-state index contributed by atoms with van der Waals surface area (Å²) in [6.45, 7) is 4.41. The van der Waals surface area contributed by atoms with E-state index in [2.05, 4.69) is 26.5 Å². The topological polar surface area (TPSA) is 68.0 Å². The van der Waals surface area contributed by atoms with Crippen molar-refractivity contribution in [3.05, 3.63) is 30.2 Å². The third kappa shape index (κ3) is 3.13. The lowest BCUT2D eigenvalue weighted by Crippen LogP contribution is -2.22. The molecular formula is C14H20N6O. The molecule has 7 nitrogen and oxygen atoms in total. The summed E-state index contributed by atoms with van der Waals surface area (Å²) in [6.07, 6.45) is 4.83. The summed E-state index contributed by atoms with van der Waals surface area (Å²) in [5, 5.41) is 11.3. The fourth-order valence-electron chi connectivity index (χ4n) is 2.75. The molecule has 1 aliphatic heterocycles. The Balaban J connectivity index is 1.60. The SMILES string of the molecule is CC(=O)Nc1ccn([C@H]2CCN(Cc3ccnn3C)C2)n1. The maximum absolute atomic E-state index is 11.0. The maximum atomic E-state index is 11.0. The minimum absolute atomic E-state index is 0.0930. The lowest BCUT2D eigenvalue weighted by Gasteiger charge is -2.16. The van der Waals surface area contributed by atoms with E-state index in [4.69, 9.17) is 0 Å². The zero-order chi connectivity index (χ0) is 14.8. The Labute approximate surface area is 123 Å². The van der Waals surface area contributed by atoms with E-state index >= 15 is 0 Å². The van der Waals surface area contributed by atoms with Gasteiger partial charge in [-0.15, -0.1) is 0 Å². The summed E-state index contributed by atoms with van der Waals surface area (Å²) < 4.78 is 3.87. The molecule has 1 aliphatic rings. The van der Waals surface area contributed by atoms with Crippen molar-refractivity contribution < 1.29 is 4.79 Å². The van der Waals surface area contributed by atoms with E-state index in [-0.39, 0.29) is 5.91 Å². The lowest BCUT2D eigenvalue weighted by atomic mass is 10.3. The van der Waals surface area contributed by atoms with Crippen LogP contribution in [-0.4, -0.2) is 43.5 Å². The highest BCUT2D eigenvalue weighted by atomic mass is 16.1. The molecule has 1 amide bonds. The molecule has 7 heteroatoms. The lowest BCUT2D eigenvalue weighted by molar-refractivity contribution is -0.114. The van der Waals surface area contributed by atoms with Crippen molar-refractivity contribution in [1.82, 2.24) is 24.5 Å². The normalized spacial score (nSPS) is 19.0. The number of carbonyl (C=O) groups excluding carboxylic acids is 1. The number of nitrogens with one attached hydrogen (secondary N) is 1. The number of anilines is 1. The van der Waals surface area contributed by atoms with Crippen molar-refractivity contribution in [2.75, 3.05) is 18.4 Å². The van der Waals surface area contributed by atoms with Crippen molar-refractivity contribution in [3.63, 3.8) is 0 Å². The first kappa shape index (κ1) is 13.8. The summed E-state index contributed by atoms with van der Waals surface area (Å²) in [5.41, 5.74) is 1.22. The molecule has 0 aromatic carbocycles. The molecule has 2 aromatic heterocycles. The largest absolute Gasteiger partial charge is 0.309 e. The Kier molecular flexibility index (Phi) is 3.74. The Bertz CT molecular complexity index is 631. The van der Waals surface area contributed by atoms with Gasteiger partial charge in [0.1, 0.15) is 0 Å². The highest BCUT2D eigenvalue weighted by molar-refractivity contribution is 5.87. The number of aryl methyl sites for hydroxylation is 1. The molecule has 0 bridgehead atoms. The molecule has 1 atom stereocenters. The number of amides is 1. The Morgan fingerprint density at radius 3 is 3.05 bits per heavy atom. The van der Waals surface area contributed by atoms with Crippen LogP contribution in [0.4, 0.5) is 5.82 Å². The second-order valence-electron chi connectivity index (χ2n) is 5.49. The molecule has 1 N–H and O–H groups in total. The highest BCUT2D eigenvalue weighted by Gasteiger charge is 2.25. The first-order valence-electron chi connectivity index (χ1n) is 7.14. The van der Waals surface area contributed by atoms with Crippen LogP contribution in [-0.2, 0) is 18.4 Å². The van der Waals surface area contributed by atoms with Crippen molar-refractivity contribution >= 4 is 11.7 Å². The van der Waals surface area contributed by atoms with E-state index in [0.717, 1.165) is 26.1 Å². The van der Waals surface area contributed by atoms with E-state index in [1.165, 1.54) is 12.6 Å². The zero-order valence-electron chi connectivity index (χ0n) is 12.4. The fraction of sp³-hybridized carbons (Fsp3) is 0.500. The molecule has 0 aliphatic carbocycles. The van der Waals surface area contributed by atoms with Gasteiger partial charge in [0.25, 0.3) is 0 Å². The van der Waals surface area contributed by atoms with E-state index in [1.807, 2.05) is 34.9 Å². The van der Waals surface area contributed by atoms with Crippen LogP contribution >= 0.6 is 0 Å². The van der Waals surface area contributed by atoms with E-state index < -0.39 is 0 Å². The average molecular weight is 288 g/mol. The molecule has 1 fully saturated rings. The predicted octanol–water partition coefficient (Wildman–Crippen LogP) is 1.02. The van der Waals surface area contributed by atoms with Crippen LogP contribution in [0.2, 0.25) is 0 Å². The second-order valence-corrected chi connectivity index (χ2v) is 5.49. The molecule has 0 saturated carbocycles. The minimum Gasteiger partial charge on any atom is -0.309 e. The van der Waals surface area contributed by atoms with E-state index in [9.17, 15) is 4.79 Å². The van der Waals surface area contributed by atoms with E-state index in [1.54, 1.807) is 0 Å². The van der Waals surface area contributed by atoms with Gasteiger partial charge in [0.2, 0.25) is 5.91 Å². The van der Waals surface area contributed by atoms with Gasteiger partial charge in [-0.05, 0) is 12.5 Å². The van der Waals surface area contributed by atoms with Gasteiger partial charge in [-0.3, -0.25) is 19.1 Å². The molecule has 112 valence electrons. The molecule has 1 saturated heterocycles. The third-order valence-electron chi connectivity index (χ3n) is 3.84. The Morgan fingerprint density at radius 2 is 2.33 bits per heavy atom. The van der Waals surface area contributed by atoms with Gasteiger partial charge >= 0.3 is 0 Å². The number of carbonyl (C=O) groups is 1. The molecular weight excluding hydrogens is 268 g/mol. The number of likely N-dealkylation sites (tertiary alicyclic amines) is 1. The van der Waals surface area contributed by atoms with Gasteiger partial charge in [-0.25, -0.2) is 0 Å². The first-order valence-corrected chi connectivity index (χ1v) is 7.14. The summed E-state index contributed by atoms with van der Waals surface area (Å²) in [6, 6.07) is 4.25. The summed E-state index contributed by atoms with van der Waals surface area (Å²) >= 11 is 0.